The van der Waals surface area contributed by atoms with Crippen molar-refractivity contribution in [1.29, 1.82) is 0 Å². The van der Waals surface area contributed by atoms with Crippen molar-refractivity contribution >= 4 is 28.6 Å². The summed E-state index contributed by atoms with van der Waals surface area (Å²) in [5, 5.41) is 7.82. The van der Waals surface area contributed by atoms with Crippen molar-refractivity contribution < 1.29 is 9.47 Å². The molecule has 2 rings (SSSR count). The highest BCUT2D eigenvalue weighted by Crippen LogP contribution is 2.31. The number of H-pyrrole nitrogens is 1. The van der Waals surface area contributed by atoms with Gasteiger partial charge in [0.1, 0.15) is 11.5 Å². The lowest BCUT2D eigenvalue weighted by molar-refractivity contribution is 0.398. The van der Waals surface area contributed by atoms with E-state index < -0.39 is 0 Å². The van der Waals surface area contributed by atoms with E-state index in [0.29, 0.717) is 0 Å². The Labute approximate surface area is 172 Å². The predicted octanol–water partition coefficient (Wildman–Crippen LogP) is 3.82. The molecule has 7 heteroatoms. The Balaban J connectivity index is 1.87. The number of nitrogens with one attached hydrogen (secondary N) is 3. The molecular formula is C21H34N4O2S. The lowest BCUT2D eigenvalue weighted by Crippen LogP contribution is -2.37. The Morgan fingerprint density at radius 2 is 1.96 bits per heavy atom. The highest BCUT2D eigenvalue weighted by molar-refractivity contribution is 7.98. The zero-order valence-electron chi connectivity index (χ0n) is 17.6. The highest BCUT2D eigenvalue weighted by Gasteiger charge is 2.09. The first-order chi connectivity index (χ1) is 13.7. The van der Waals surface area contributed by atoms with Crippen LogP contribution >= 0.6 is 11.8 Å². The second-order valence-corrected chi connectivity index (χ2v) is 7.56. The summed E-state index contributed by atoms with van der Waals surface area (Å²) in [5.41, 5.74) is 2.22. The van der Waals surface area contributed by atoms with Gasteiger partial charge in [0, 0.05) is 42.8 Å². The third-order valence-electron chi connectivity index (χ3n) is 4.47. The number of nitrogens with zero attached hydrogens (tertiary/aromatic N) is 1. The van der Waals surface area contributed by atoms with Gasteiger partial charge in [0.05, 0.1) is 19.7 Å². The fourth-order valence-electron chi connectivity index (χ4n) is 3.04. The summed E-state index contributed by atoms with van der Waals surface area (Å²) in [6, 6.07) is 6.08. The summed E-state index contributed by atoms with van der Waals surface area (Å²) in [7, 11) is 3.35. The molecule has 0 unspecified atom stereocenters. The van der Waals surface area contributed by atoms with Gasteiger partial charge in [-0.25, -0.2) is 0 Å². The van der Waals surface area contributed by atoms with Gasteiger partial charge in [-0.1, -0.05) is 0 Å². The van der Waals surface area contributed by atoms with E-state index >= 15 is 0 Å². The van der Waals surface area contributed by atoms with Crippen molar-refractivity contribution in [2.24, 2.45) is 4.99 Å². The van der Waals surface area contributed by atoms with Gasteiger partial charge in [0.2, 0.25) is 0 Å². The molecule has 0 fully saturated rings. The number of guanidine groups is 1. The van der Waals surface area contributed by atoms with Crippen molar-refractivity contribution in [2.45, 2.75) is 32.6 Å². The average Bonchev–Trinajstić information content (AvgIpc) is 3.12. The van der Waals surface area contributed by atoms with Gasteiger partial charge in [-0.2, -0.15) is 11.8 Å². The molecule has 28 heavy (non-hydrogen) atoms. The molecule has 0 saturated carbocycles. The standard InChI is InChI=1S/C21H34N4O2S/c1-5-22-21(23-10-6-7-12-28-4)24-11-8-9-16-13-18-19(25-16)14-17(26-2)15-20(18)27-3/h13-15,25H,5-12H2,1-4H3,(H2,22,23,24). The second kappa shape index (κ2) is 12.4. The van der Waals surface area contributed by atoms with E-state index in [1.165, 1.54) is 24.3 Å². The number of aliphatic imine (C=N–C) groups is 1. The summed E-state index contributed by atoms with van der Waals surface area (Å²) < 4.78 is 10.8. The van der Waals surface area contributed by atoms with Crippen molar-refractivity contribution in [2.75, 3.05) is 45.9 Å². The maximum atomic E-state index is 5.49. The van der Waals surface area contributed by atoms with Crippen LogP contribution in [0, 0.1) is 0 Å². The predicted molar refractivity (Wildman–Crippen MR) is 121 cm³/mol. The number of fused-ring (bicyclic) bond motifs is 1. The van der Waals surface area contributed by atoms with Crippen LogP contribution in [0.2, 0.25) is 0 Å². The molecule has 1 aromatic carbocycles. The Bertz CT molecular complexity index is 745. The van der Waals surface area contributed by atoms with E-state index in [2.05, 4.69) is 34.9 Å². The van der Waals surface area contributed by atoms with Crippen LogP contribution in [0.15, 0.2) is 23.2 Å². The molecule has 0 atom stereocenters. The van der Waals surface area contributed by atoms with E-state index in [1.807, 2.05) is 23.9 Å². The summed E-state index contributed by atoms with van der Waals surface area (Å²) in [4.78, 5) is 8.16. The average molecular weight is 407 g/mol. The summed E-state index contributed by atoms with van der Waals surface area (Å²) in [6.45, 7) is 4.73. The zero-order valence-corrected chi connectivity index (χ0v) is 18.4. The summed E-state index contributed by atoms with van der Waals surface area (Å²) >= 11 is 1.90. The number of benzene rings is 1. The minimum Gasteiger partial charge on any atom is -0.497 e. The molecule has 0 aliphatic heterocycles. The molecule has 0 amide bonds. The summed E-state index contributed by atoms with van der Waals surface area (Å²) in [5.74, 6) is 3.75. The van der Waals surface area contributed by atoms with Gasteiger partial charge in [0.25, 0.3) is 0 Å². The Morgan fingerprint density at radius 3 is 2.68 bits per heavy atom. The normalized spacial score (nSPS) is 11.6. The van der Waals surface area contributed by atoms with Crippen LogP contribution in [0.1, 0.15) is 31.9 Å². The van der Waals surface area contributed by atoms with E-state index in [-0.39, 0.29) is 0 Å². The van der Waals surface area contributed by atoms with Gasteiger partial charge in [-0.15, -0.1) is 0 Å². The van der Waals surface area contributed by atoms with Gasteiger partial charge >= 0.3 is 0 Å². The molecule has 156 valence electrons. The van der Waals surface area contributed by atoms with E-state index in [0.717, 1.165) is 60.8 Å². The molecule has 0 radical (unpaired) electrons. The van der Waals surface area contributed by atoms with E-state index in [9.17, 15) is 0 Å². The molecule has 0 aliphatic carbocycles. The molecule has 0 bridgehead atoms. The zero-order chi connectivity index (χ0) is 20.2. The molecule has 0 saturated heterocycles. The number of rotatable bonds is 12. The lowest BCUT2D eigenvalue weighted by atomic mass is 10.2. The topological polar surface area (TPSA) is 70.7 Å². The minimum atomic E-state index is 0.788. The van der Waals surface area contributed by atoms with Gasteiger partial charge < -0.3 is 25.1 Å². The highest BCUT2D eigenvalue weighted by atomic mass is 32.2. The van der Waals surface area contributed by atoms with Crippen molar-refractivity contribution in [1.82, 2.24) is 15.6 Å². The number of hydrogen-bond acceptors (Lipinski definition) is 4. The maximum absolute atomic E-state index is 5.49. The molecule has 3 N–H and O–H groups in total. The van der Waals surface area contributed by atoms with Crippen LogP contribution in [0.3, 0.4) is 0 Å². The Morgan fingerprint density at radius 1 is 1.11 bits per heavy atom. The summed E-state index contributed by atoms with van der Waals surface area (Å²) in [6.07, 6.45) is 6.48. The van der Waals surface area contributed by atoms with Crippen LogP contribution < -0.4 is 20.1 Å². The number of thioether (sulfide) groups is 1. The number of hydrogen-bond donors (Lipinski definition) is 3. The molecular weight excluding hydrogens is 372 g/mol. The number of aryl methyl sites for hydroxylation is 1. The van der Waals surface area contributed by atoms with Crippen LogP contribution in [0.4, 0.5) is 0 Å². The number of unbranched alkanes of at least 4 members (excludes halogenated alkanes) is 1. The third-order valence-corrected chi connectivity index (χ3v) is 5.17. The number of ether oxygens (including phenoxy) is 2. The Hall–Kier alpha value is -2.02. The van der Waals surface area contributed by atoms with Crippen molar-refractivity contribution in [3.8, 4) is 11.5 Å². The molecule has 1 heterocycles. The molecule has 0 aliphatic rings. The van der Waals surface area contributed by atoms with Gasteiger partial charge in [-0.3, -0.25) is 4.99 Å². The van der Waals surface area contributed by atoms with Crippen molar-refractivity contribution in [3.05, 3.63) is 23.9 Å². The van der Waals surface area contributed by atoms with E-state index in [1.54, 1.807) is 14.2 Å². The third kappa shape index (κ3) is 6.86. The van der Waals surface area contributed by atoms with Gasteiger partial charge in [-0.05, 0) is 50.7 Å². The lowest BCUT2D eigenvalue weighted by Gasteiger charge is -2.11. The minimum absolute atomic E-state index is 0.788. The first kappa shape index (κ1) is 22.3. The Kier molecular flexibility index (Phi) is 9.90. The smallest absolute Gasteiger partial charge is 0.191 e. The molecule has 2 aromatic rings. The molecule has 0 spiro atoms. The number of aromatic amines is 1. The van der Waals surface area contributed by atoms with Crippen LogP contribution in [0.5, 0.6) is 11.5 Å². The first-order valence-corrected chi connectivity index (χ1v) is 11.4. The number of aromatic nitrogens is 1. The fourth-order valence-corrected chi connectivity index (χ4v) is 3.53. The number of methoxy groups -OCH3 is 2. The van der Waals surface area contributed by atoms with E-state index in [4.69, 9.17) is 14.5 Å². The second-order valence-electron chi connectivity index (χ2n) is 6.58. The van der Waals surface area contributed by atoms with Crippen LogP contribution in [-0.4, -0.2) is 56.8 Å². The monoisotopic (exact) mass is 406 g/mol. The van der Waals surface area contributed by atoms with Crippen LogP contribution in [0.25, 0.3) is 10.9 Å². The maximum Gasteiger partial charge on any atom is 0.191 e. The van der Waals surface area contributed by atoms with Crippen molar-refractivity contribution in [3.63, 3.8) is 0 Å². The fraction of sp³-hybridized carbons (Fsp3) is 0.571. The molecule has 1 aromatic heterocycles. The van der Waals surface area contributed by atoms with Gasteiger partial charge in [0.15, 0.2) is 5.96 Å². The first-order valence-electron chi connectivity index (χ1n) is 9.96. The van der Waals surface area contributed by atoms with Crippen LogP contribution in [-0.2, 0) is 6.42 Å². The SMILES string of the molecule is CCNC(=NCCCc1cc2c(OC)cc(OC)cc2[nH]1)NCCCCSC. The quantitative estimate of drug-likeness (QED) is 0.284. The molecule has 6 nitrogen and oxygen atoms in total. The largest absolute Gasteiger partial charge is 0.497 e.